The molecule has 0 spiro atoms. The number of benzene rings is 2. The van der Waals surface area contributed by atoms with Crippen molar-refractivity contribution in [3.05, 3.63) is 71.9 Å². The molecular weight excluding hydrogens is 536 g/mol. The fourth-order valence-corrected chi connectivity index (χ4v) is 6.16. The second-order valence-corrected chi connectivity index (χ2v) is 12.3. The molecule has 1 saturated carbocycles. The van der Waals surface area contributed by atoms with Crippen LogP contribution in [-0.2, 0) is 14.4 Å². The first-order chi connectivity index (χ1) is 20.9. The summed E-state index contributed by atoms with van der Waals surface area (Å²) in [6.07, 6.45) is 14.3. The molecule has 2 saturated heterocycles. The highest BCUT2D eigenvalue weighted by Gasteiger charge is 2.36. The van der Waals surface area contributed by atoms with Crippen molar-refractivity contribution in [2.24, 2.45) is 5.92 Å². The molecule has 2 aromatic rings. The minimum Gasteiger partial charge on any atom is -0.358 e. The summed E-state index contributed by atoms with van der Waals surface area (Å²) in [6.45, 7) is 7.92. The summed E-state index contributed by atoms with van der Waals surface area (Å²) in [5.74, 6) is 0.795. The van der Waals surface area contributed by atoms with Crippen molar-refractivity contribution >= 4 is 41.2 Å². The van der Waals surface area contributed by atoms with Gasteiger partial charge in [-0.2, -0.15) is 0 Å². The van der Waals surface area contributed by atoms with Gasteiger partial charge in [-0.25, -0.2) is 0 Å². The lowest BCUT2D eigenvalue weighted by atomic mass is 10.1. The van der Waals surface area contributed by atoms with Gasteiger partial charge in [0.2, 0.25) is 17.7 Å². The van der Waals surface area contributed by atoms with Crippen LogP contribution in [0, 0.1) is 5.92 Å². The van der Waals surface area contributed by atoms with Gasteiger partial charge in [0.15, 0.2) is 0 Å². The van der Waals surface area contributed by atoms with Crippen LogP contribution in [0.4, 0.5) is 11.4 Å². The molecule has 2 N–H and O–H groups in total. The number of hydrogen-bond acceptors (Lipinski definition) is 4. The monoisotopic (exact) mass is 582 g/mol. The number of nitrogens with one attached hydrogen (secondary N) is 2. The van der Waals surface area contributed by atoms with Gasteiger partial charge in [0.25, 0.3) is 0 Å². The average Bonchev–Trinajstić information content (AvgIpc) is 3.45. The molecule has 228 valence electrons. The minimum atomic E-state index is -0.365. The molecule has 5 rings (SSSR count). The third kappa shape index (κ3) is 8.37. The minimum absolute atomic E-state index is 0.0494. The Morgan fingerprint density at radius 1 is 0.767 bits per heavy atom. The van der Waals surface area contributed by atoms with E-state index in [9.17, 15) is 14.4 Å². The van der Waals surface area contributed by atoms with Gasteiger partial charge in [-0.3, -0.25) is 14.4 Å². The third-order valence-electron chi connectivity index (χ3n) is 8.87. The van der Waals surface area contributed by atoms with E-state index in [1.54, 1.807) is 4.90 Å². The van der Waals surface area contributed by atoms with Crippen LogP contribution in [0.3, 0.4) is 0 Å². The molecule has 3 amide bonds. The molecular formula is C36H46N4O3. The summed E-state index contributed by atoms with van der Waals surface area (Å²) in [4.78, 5) is 42.1. The molecule has 0 radical (unpaired) electrons. The predicted molar refractivity (Wildman–Crippen MR) is 174 cm³/mol. The van der Waals surface area contributed by atoms with Crippen molar-refractivity contribution in [1.29, 1.82) is 0 Å². The predicted octanol–water partition coefficient (Wildman–Crippen LogP) is 7.08. The van der Waals surface area contributed by atoms with Crippen molar-refractivity contribution in [3.63, 3.8) is 0 Å². The second kappa shape index (κ2) is 14.5. The highest BCUT2D eigenvalue weighted by atomic mass is 16.2. The van der Waals surface area contributed by atoms with E-state index in [1.807, 2.05) is 47.4 Å². The zero-order valence-corrected chi connectivity index (χ0v) is 25.5. The summed E-state index contributed by atoms with van der Waals surface area (Å²) in [5.41, 5.74) is 4.67. The molecule has 2 aromatic carbocycles. The Bertz CT molecular complexity index is 1310. The standard InChI is InChI=1S/C36H46N4O3/c1-3-4-5-10-34(41)39-23-6-8-32(39)26(2)37-30-19-15-27(16-20-30)11-12-28-17-21-31(22-18-28)38-36(43)33-9-7-24-40(33)35(42)25-29-13-14-29/h11-12,15-22,29,32-33,37H,2-10,13-14,23-25H2,1H3,(H,38,43)/b12-11+/t32-,33-/m0/s1. The first-order valence-electron chi connectivity index (χ1n) is 16.1. The van der Waals surface area contributed by atoms with E-state index >= 15 is 0 Å². The van der Waals surface area contributed by atoms with Gasteiger partial charge in [-0.1, -0.05) is 62.8 Å². The molecule has 2 aliphatic heterocycles. The van der Waals surface area contributed by atoms with Crippen molar-refractivity contribution in [1.82, 2.24) is 9.80 Å². The number of rotatable bonds is 13. The van der Waals surface area contributed by atoms with Gasteiger partial charge in [-0.15, -0.1) is 0 Å². The van der Waals surface area contributed by atoms with E-state index in [4.69, 9.17) is 0 Å². The van der Waals surface area contributed by atoms with Crippen LogP contribution in [0.15, 0.2) is 60.8 Å². The van der Waals surface area contributed by atoms with Crippen LogP contribution in [0.2, 0.25) is 0 Å². The van der Waals surface area contributed by atoms with Crippen molar-refractivity contribution in [3.8, 4) is 0 Å². The Morgan fingerprint density at radius 2 is 1.33 bits per heavy atom. The van der Waals surface area contributed by atoms with Crippen LogP contribution in [-0.4, -0.2) is 52.7 Å². The molecule has 0 aromatic heterocycles. The third-order valence-corrected chi connectivity index (χ3v) is 8.87. The fourth-order valence-electron chi connectivity index (χ4n) is 6.16. The number of amides is 3. The first-order valence-corrected chi connectivity index (χ1v) is 16.1. The second-order valence-electron chi connectivity index (χ2n) is 12.3. The van der Waals surface area contributed by atoms with Gasteiger partial charge in [0, 0.05) is 43.0 Å². The topological polar surface area (TPSA) is 81.8 Å². The number of nitrogens with zero attached hydrogens (tertiary/aromatic N) is 2. The van der Waals surface area contributed by atoms with Crippen LogP contribution in [0.25, 0.3) is 12.2 Å². The van der Waals surface area contributed by atoms with Crippen molar-refractivity contribution in [2.45, 2.75) is 89.6 Å². The lowest BCUT2D eigenvalue weighted by Gasteiger charge is -2.27. The van der Waals surface area contributed by atoms with Gasteiger partial charge < -0.3 is 20.4 Å². The fraction of sp³-hybridized carbons (Fsp3) is 0.472. The van der Waals surface area contributed by atoms with Gasteiger partial charge in [-0.05, 0) is 86.3 Å². The summed E-state index contributed by atoms with van der Waals surface area (Å²) < 4.78 is 0. The maximum atomic E-state index is 12.9. The lowest BCUT2D eigenvalue weighted by molar-refractivity contribution is -0.136. The molecule has 1 aliphatic carbocycles. The highest BCUT2D eigenvalue weighted by Crippen LogP contribution is 2.34. The van der Waals surface area contributed by atoms with Crippen LogP contribution in [0.1, 0.15) is 88.7 Å². The highest BCUT2D eigenvalue weighted by molar-refractivity contribution is 5.97. The average molecular weight is 583 g/mol. The summed E-state index contributed by atoms with van der Waals surface area (Å²) >= 11 is 0. The number of likely N-dealkylation sites (tertiary alicyclic amines) is 2. The molecule has 7 nitrogen and oxygen atoms in total. The van der Waals surface area contributed by atoms with Crippen LogP contribution >= 0.6 is 0 Å². The Hall–Kier alpha value is -3.87. The summed E-state index contributed by atoms with van der Waals surface area (Å²) in [5, 5.41) is 6.44. The molecule has 2 atom stereocenters. The molecule has 3 aliphatic rings. The SMILES string of the molecule is C=C(Nc1ccc(/C=C/c2ccc(NC(=O)[C@@H]3CCCN3C(=O)CC3CC3)cc2)cc1)[C@@H]1CCCN1C(=O)CCCCC. The zero-order valence-electron chi connectivity index (χ0n) is 25.5. The number of unbranched alkanes of at least 4 members (excludes halogenated alkanes) is 2. The Kier molecular flexibility index (Phi) is 10.3. The Labute approximate surface area is 256 Å². The van der Waals surface area contributed by atoms with E-state index in [1.165, 1.54) is 0 Å². The molecule has 0 unspecified atom stereocenters. The maximum Gasteiger partial charge on any atom is 0.247 e. The smallest absolute Gasteiger partial charge is 0.247 e. The van der Waals surface area contributed by atoms with Gasteiger partial charge >= 0.3 is 0 Å². The quantitative estimate of drug-likeness (QED) is 0.195. The Morgan fingerprint density at radius 3 is 1.91 bits per heavy atom. The van der Waals surface area contributed by atoms with E-state index in [0.717, 1.165) is 92.5 Å². The normalized spacial score (nSPS) is 20.0. The molecule has 0 bridgehead atoms. The molecule has 43 heavy (non-hydrogen) atoms. The van der Waals surface area contributed by atoms with E-state index in [0.29, 0.717) is 25.3 Å². The first kappa shape index (κ1) is 30.6. The van der Waals surface area contributed by atoms with Crippen LogP contribution < -0.4 is 10.6 Å². The number of anilines is 2. The van der Waals surface area contributed by atoms with E-state index < -0.39 is 0 Å². The number of hydrogen-bond donors (Lipinski definition) is 2. The Balaban J connectivity index is 1.10. The zero-order chi connectivity index (χ0) is 30.2. The van der Waals surface area contributed by atoms with E-state index in [2.05, 4.69) is 42.3 Å². The molecule has 7 heteroatoms. The lowest BCUT2D eigenvalue weighted by Crippen LogP contribution is -2.43. The number of carbonyl (C=O) groups excluding carboxylic acids is 3. The van der Waals surface area contributed by atoms with Crippen LogP contribution in [0.5, 0.6) is 0 Å². The van der Waals surface area contributed by atoms with E-state index in [-0.39, 0.29) is 29.8 Å². The molecule has 3 fully saturated rings. The summed E-state index contributed by atoms with van der Waals surface area (Å²) in [6, 6.07) is 15.6. The number of carbonyl (C=O) groups is 3. The largest absolute Gasteiger partial charge is 0.358 e. The van der Waals surface area contributed by atoms with Gasteiger partial charge in [0.1, 0.15) is 6.04 Å². The van der Waals surface area contributed by atoms with Crippen molar-refractivity contribution < 1.29 is 14.4 Å². The molecule has 2 heterocycles. The van der Waals surface area contributed by atoms with Crippen molar-refractivity contribution in [2.75, 3.05) is 23.7 Å². The summed E-state index contributed by atoms with van der Waals surface area (Å²) in [7, 11) is 0. The van der Waals surface area contributed by atoms with Gasteiger partial charge in [0.05, 0.1) is 6.04 Å². The maximum absolute atomic E-state index is 12.9.